The molecule has 2 aromatic carbocycles. The first kappa shape index (κ1) is 20.9. The van der Waals surface area contributed by atoms with Gasteiger partial charge in [0.2, 0.25) is 0 Å². The summed E-state index contributed by atoms with van der Waals surface area (Å²) < 4.78 is 40.8. The Morgan fingerprint density at radius 1 is 1.12 bits per heavy atom. The summed E-state index contributed by atoms with van der Waals surface area (Å²) in [5.74, 6) is -0.438. The third kappa shape index (κ3) is 3.20. The summed E-state index contributed by atoms with van der Waals surface area (Å²) in [6.45, 7) is 0. The van der Waals surface area contributed by atoms with Gasteiger partial charge in [0, 0.05) is 35.7 Å². The van der Waals surface area contributed by atoms with Crippen LogP contribution in [0, 0.1) is 11.6 Å². The largest absolute Gasteiger partial charge is 0.497 e. The van der Waals surface area contributed by atoms with E-state index in [2.05, 4.69) is 0 Å². The topological polar surface area (TPSA) is 60.5 Å². The van der Waals surface area contributed by atoms with Crippen LogP contribution in [0.1, 0.15) is 47.1 Å². The number of amides is 1. The molecule has 0 unspecified atom stereocenters. The summed E-state index contributed by atoms with van der Waals surface area (Å²) in [5, 5.41) is 5.53. The lowest BCUT2D eigenvalue weighted by molar-refractivity contribution is 0.0363. The molecule has 2 aliphatic heterocycles. The monoisotopic (exact) mass is 463 g/mol. The zero-order valence-electron chi connectivity index (χ0n) is 18.8. The maximum Gasteiger partial charge on any atom is 0.290 e. The summed E-state index contributed by atoms with van der Waals surface area (Å²) in [6.07, 6.45) is 3.18. The fourth-order valence-corrected chi connectivity index (χ4v) is 5.58. The molecule has 1 saturated heterocycles. The third-order valence-electron chi connectivity index (χ3n) is 6.98. The van der Waals surface area contributed by atoms with Crippen LogP contribution in [0.3, 0.4) is 0 Å². The van der Waals surface area contributed by atoms with Crippen LogP contribution < -0.4 is 4.74 Å². The van der Waals surface area contributed by atoms with Gasteiger partial charge in [-0.2, -0.15) is 5.10 Å². The molecule has 34 heavy (non-hydrogen) atoms. The number of aromatic nitrogens is 2. The number of methoxy groups -OCH3 is 1. The number of aryl methyl sites for hydroxylation is 1. The van der Waals surface area contributed by atoms with Gasteiger partial charge in [-0.15, -0.1) is 0 Å². The van der Waals surface area contributed by atoms with E-state index in [-0.39, 0.29) is 23.8 Å². The highest BCUT2D eigenvalue weighted by Crippen LogP contribution is 2.45. The van der Waals surface area contributed by atoms with Crippen LogP contribution in [0.2, 0.25) is 0 Å². The molecule has 1 amide bonds. The number of rotatable bonds is 3. The summed E-state index contributed by atoms with van der Waals surface area (Å²) >= 11 is 0. The average Bonchev–Trinajstić information content (AvgIpc) is 3.37. The lowest BCUT2D eigenvalue weighted by Crippen LogP contribution is -2.49. The smallest absolute Gasteiger partial charge is 0.290 e. The van der Waals surface area contributed by atoms with Crippen molar-refractivity contribution in [3.63, 3.8) is 0 Å². The predicted octanol–water partition coefficient (Wildman–Crippen LogP) is 5.41. The van der Waals surface area contributed by atoms with Crippen molar-refractivity contribution in [1.82, 2.24) is 14.7 Å². The van der Waals surface area contributed by atoms with E-state index < -0.39 is 11.6 Å². The molecule has 4 heterocycles. The van der Waals surface area contributed by atoms with Crippen LogP contribution in [0.5, 0.6) is 5.75 Å². The number of hydrogen-bond acceptors (Lipinski definition) is 4. The third-order valence-corrected chi connectivity index (χ3v) is 6.98. The number of furan rings is 1. The zero-order valence-corrected chi connectivity index (χ0v) is 18.8. The highest BCUT2D eigenvalue weighted by molar-refractivity contribution is 5.97. The SMILES string of the molecule is COc1ccc2oc(C(=O)N3[C@@H]4CCC[C@H]3c3nn(C)c(-c5cc(F)cc(F)c5)c3C4)cc2c1. The minimum Gasteiger partial charge on any atom is -0.497 e. The van der Waals surface area contributed by atoms with Crippen LogP contribution in [0.25, 0.3) is 22.2 Å². The Kier molecular flexibility index (Phi) is 4.72. The van der Waals surface area contributed by atoms with Gasteiger partial charge in [0.15, 0.2) is 5.76 Å². The molecule has 2 bridgehead atoms. The molecular formula is C26H23F2N3O3. The Hall–Kier alpha value is -3.68. The molecule has 174 valence electrons. The molecule has 0 spiro atoms. The number of ether oxygens (including phenoxy) is 1. The van der Waals surface area contributed by atoms with E-state index in [4.69, 9.17) is 14.3 Å². The second-order valence-corrected chi connectivity index (χ2v) is 9.03. The fourth-order valence-electron chi connectivity index (χ4n) is 5.58. The van der Waals surface area contributed by atoms with E-state index in [1.807, 2.05) is 11.0 Å². The number of carbonyl (C=O) groups is 1. The Morgan fingerprint density at radius 3 is 2.68 bits per heavy atom. The number of carbonyl (C=O) groups excluding carboxylic acids is 1. The summed E-state index contributed by atoms with van der Waals surface area (Å²) in [6, 6.07) is 10.5. The number of piperidine rings is 1. The lowest BCUT2D eigenvalue weighted by Gasteiger charge is -2.45. The Bertz CT molecular complexity index is 1420. The fraction of sp³-hybridized carbons (Fsp3) is 0.308. The van der Waals surface area contributed by atoms with Crippen LogP contribution in [0.15, 0.2) is 46.9 Å². The van der Waals surface area contributed by atoms with Crippen molar-refractivity contribution in [1.29, 1.82) is 0 Å². The number of fused-ring (bicyclic) bond motifs is 5. The molecule has 6 rings (SSSR count). The number of halogens is 2. The first-order chi connectivity index (χ1) is 16.4. The first-order valence-electron chi connectivity index (χ1n) is 11.4. The second kappa shape index (κ2) is 7.68. The van der Waals surface area contributed by atoms with Crippen molar-refractivity contribution < 1.29 is 22.7 Å². The molecular weight excluding hydrogens is 440 g/mol. The van der Waals surface area contributed by atoms with Crippen molar-refractivity contribution in [2.45, 2.75) is 37.8 Å². The van der Waals surface area contributed by atoms with Gasteiger partial charge >= 0.3 is 0 Å². The van der Waals surface area contributed by atoms with Crippen LogP contribution in [0.4, 0.5) is 8.78 Å². The van der Waals surface area contributed by atoms with E-state index in [9.17, 15) is 13.6 Å². The van der Waals surface area contributed by atoms with Gasteiger partial charge in [-0.25, -0.2) is 8.78 Å². The molecule has 2 aliphatic rings. The van der Waals surface area contributed by atoms with Crippen molar-refractivity contribution >= 4 is 16.9 Å². The molecule has 4 aromatic rings. The number of hydrogen-bond donors (Lipinski definition) is 0. The van der Waals surface area contributed by atoms with E-state index in [1.165, 1.54) is 12.1 Å². The van der Waals surface area contributed by atoms with Crippen molar-refractivity contribution in [3.05, 3.63) is 71.1 Å². The first-order valence-corrected chi connectivity index (χ1v) is 11.4. The summed E-state index contributed by atoms with van der Waals surface area (Å²) in [4.78, 5) is 15.6. The normalized spacial score (nSPS) is 19.4. The van der Waals surface area contributed by atoms with Gasteiger partial charge in [-0.1, -0.05) is 0 Å². The number of nitrogens with zero attached hydrogens (tertiary/aromatic N) is 3. The minimum atomic E-state index is -0.626. The van der Waals surface area contributed by atoms with Crippen LogP contribution >= 0.6 is 0 Å². The predicted molar refractivity (Wildman–Crippen MR) is 122 cm³/mol. The van der Waals surface area contributed by atoms with E-state index >= 15 is 0 Å². The molecule has 6 nitrogen and oxygen atoms in total. The second-order valence-electron chi connectivity index (χ2n) is 9.03. The summed E-state index contributed by atoms with van der Waals surface area (Å²) in [7, 11) is 3.37. The Balaban J connectivity index is 1.41. The molecule has 1 fully saturated rings. The molecule has 0 saturated carbocycles. The highest BCUT2D eigenvalue weighted by atomic mass is 19.1. The quantitative estimate of drug-likeness (QED) is 0.408. The molecule has 0 aliphatic carbocycles. The van der Waals surface area contributed by atoms with Gasteiger partial charge in [-0.05, 0) is 62.1 Å². The average molecular weight is 463 g/mol. The molecule has 2 aromatic heterocycles. The Morgan fingerprint density at radius 2 is 1.91 bits per heavy atom. The summed E-state index contributed by atoms with van der Waals surface area (Å²) in [5.41, 5.74) is 3.54. The van der Waals surface area contributed by atoms with Gasteiger partial charge in [0.05, 0.1) is 24.5 Å². The molecule has 8 heteroatoms. The standard InChI is InChI=1S/C26H23F2N3O3/c1-30-25(15-8-16(27)12-17(28)9-15)20-13-18-4-3-5-21(24(20)29-30)31(18)26(32)23-11-14-10-19(33-2)6-7-22(14)34-23/h6-12,18,21H,3-5,13H2,1-2H3/t18-,21+/m1/s1. The minimum absolute atomic E-state index is 0.0390. The lowest BCUT2D eigenvalue weighted by atomic mass is 9.81. The van der Waals surface area contributed by atoms with Crippen LogP contribution in [-0.4, -0.2) is 33.7 Å². The van der Waals surface area contributed by atoms with Gasteiger partial charge in [0.1, 0.15) is 23.0 Å². The highest BCUT2D eigenvalue weighted by Gasteiger charge is 2.44. The maximum atomic E-state index is 14.0. The van der Waals surface area contributed by atoms with Crippen molar-refractivity contribution in [2.75, 3.05) is 7.11 Å². The molecule has 0 N–H and O–H groups in total. The Labute approximate surface area is 194 Å². The van der Waals surface area contributed by atoms with Gasteiger partial charge in [-0.3, -0.25) is 9.48 Å². The zero-order chi connectivity index (χ0) is 23.6. The van der Waals surface area contributed by atoms with Gasteiger partial charge < -0.3 is 14.1 Å². The molecule has 2 atom stereocenters. The van der Waals surface area contributed by atoms with E-state index in [1.54, 1.807) is 37.0 Å². The van der Waals surface area contributed by atoms with E-state index in [0.717, 1.165) is 42.0 Å². The maximum absolute atomic E-state index is 14.0. The van der Waals surface area contributed by atoms with E-state index in [0.29, 0.717) is 29.0 Å². The number of benzene rings is 2. The van der Waals surface area contributed by atoms with Crippen molar-refractivity contribution in [2.24, 2.45) is 7.05 Å². The van der Waals surface area contributed by atoms with Gasteiger partial charge in [0.25, 0.3) is 5.91 Å². The van der Waals surface area contributed by atoms with Crippen molar-refractivity contribution in [3.8, 4) is 17.0 Å². The molecule has 0 radical (unpaired) electrons. The van der Waals surface area contributed by atoms with Crippen LogP contribution in [-0.2, 0) is 13.5 Å².